The first-order chi connectivity index (χ1) is 22.9. The molecule has 0 bridgehead atoms. The molecule has 244 valence electrons. The minimum absolute atomic E-state index is 0.210. The zero-order chi connectivity index (χ0) is 32.8. The van der Waals surface area contributed by atoms with Gasteiger partial charge in [-0.2, -0.15) is 5.10 Å². The molecule has 7 nitrogen and oxygen atoms in total. The first kappa shape index (κ1) is 32.5. The highest BCUT2D eigenvalue weighted by Crippen LogP contribution is 2.31. The monoisotopic (exact) mass is 631 g/mol. The van der Waals surface area contributed by atoms with Gasteiger partial charge in [0.1, 0.15) is 17.2 Å². The highest BCUT2D eigenvalue weighted by Gasteiger charge is 2.16. The standard InChI is InChI=1S/C39H46FN7/c1-5-36-35(20-27(2)30-12-14-41-26-29(22-30)11-8-16-46(3)4)38(45-44-36)37-25-34-33(13-15-42-39(34)43-37)31-21-28(23-32(40)24-31)10-9-19-47-17-6-7-18-47/h5,12-13,15,20-26,44H,2,6-11,14,16-19H2,1,3-4H3,(H,42,43)/b35-20+,36-5+. The fourth-order valence-electron chi connectivity index (χ4n) is 6.64. The number of nitrogens with one attached hydrogen (secondary N) is 2. The van der Waals surface area contributed by atoms with Gasteiger partial charge in [-0.15, -0.1) is 0 Å². The van der Waals surface area contributed by atoms with E-state index in [1.54, 1.807) is 18.3 Å². The van der Waals surface area contributed by atoms with Crippen LogP contribution in [-0.2, 0) is 6.42 Å². The molecule has 1 aromatic carbocycles. The highest BCUT2D eigenvalue weighted by atomic mass is 19.1. The van der Waals surface area contributed by atoms with E-state index >= 15 is 0 Å². The molecule has 1 fully saturated rings. The Morgan fingerprint density at radius 3 is 2.77 bits per heavy atom. The maximum atomic E-state index is 14.9. The average molecular weight is 632 g/mol. The van der Waals surface area contributed by atoms with Crippen molar-refractivity contribution in [3.8, 4) is 22.5 Å². The maximum Gasteiger partial charge on any atom is 0.138 e. The summed E-state index contributed by atoms with van der Waals surface area (Å²) in [6.07, 6.45) is 18.7. The lowest BCUT2D eigenvalue weighted by molar-refractivity contribution is 0.334. The van der Waals surface area contributed by atoms with Crippen LogP contribution in [0.2, 0.25) is 0 Å². The number of likely N-dealkylation sites (tertiary alicyclic amines) is 1. The van der Waals surface area contributed by atoms with E-state index in [1.165, 1.54) is 31.5 Å². The minimum atomic E-state index is -0.210. The topological polar surface area (TPSA) is 76.2 Å². The molecule has 0 saturated carbocycles. The van der Waals surface area contributed by atoms with Gasteiger partial charge in [0, 0.05) is 23.0 Å². The molecular weight excluding hydrogens is 585 g/mol. The number of pyridine rings is 1. The number of fused-ring (bicyclic) bond motifs is 1. The van der Waals surface area contributed by atoms with Crippen molar-refractivity contribution in [2.45, 2.75) is 45.4 Å². The third-order valence-electron chi connectivity index (χ3n) is 9.09. The molecule has 4 aromatic rings. The molecule has 2 aliphatic rings. The molecule has 8 heteroatoms. The lowest BCUT2D eigenvalue weighted by Gasteiger charge is -2.14. The average Bonchev–Trinajstić information content (AvgIpc) is 3.78. The summed E-state index contributed by atoms with van der Waals surface area (Å²) >= 11 is 0. The summed E-state index contributed by atoms with van der Waals surface area (Å²) in [4.78, 5) is 17.4. The number of aliphatic imine (C=N–C) groups is 1. The van der Waals surface area contributed by atoms with Crippen molar-refractivity contribution >= 4 is 29.4 Å². The molecule has 1 saturated heterocycles. The number of benzene rings is 1. The molecule has 5 heterocycles. The number of hydrogen-bond acceptors (Lipinski definition) is 5. The molecule has 2 aliphatic heterocycles. The zero-order valence-electron chi connectivity index (χ0n) is 28.0. The van der Waals surface area contributed by atoms with E-state index in [2.05, 4.69) is 80.9 Å². The summed E-state index contributed by atoms with van der Waals surface area (Å²) in [5.74, 6) is -0.210. The second-order valence-electron chi connectivity index (χ2n) is 12.9. The summed E-state index contributed by atoms with van der Waals surface area (Å²) in [6, 6.07) is 9.47. The molecule has 3 aromatic heterocycles. The van der Waals surface area contributed by atoms with Gasteiger partial charge in [0.05, 0.1) is 17.6 Å². The molecule has 0 amide bonds. The van der Waals surface area contributed by atoms with Crippen molar-refractivity contribution in [2.24, 2.45) is 4.99 Å². The van der Waals surface area contributed by atoms with E-state index in [-0.39, 0.29) is 5.82 Å². The molecule has 6 rings (SSSR count). The van der Waals surface area contributed by atoms with Gasteiger partial charge in [0.15, 0.2) is 0 Å². The van der Waals surface area contributed by atoms with Gasteiger partial charge in [-0.1, -0.05) is 24.8 Å². The van der Waals surface area contributed by atoms with Crippen LogP contribution in [0.4, 0.5) is 4.39 Å². The normalized spacial score (nSPS) is 16.4. The van der Waals surface area contributed by atoms with E-state index in [0.717, 1.165) is 99.6 Å². The molecule has 0 radical (unpaired) electrons. The van der Waals surface area contributed by atoms with Crippen LogP contribution in [0.1, 0.15) is 44.6 Å². The van der Waals surface area contributed by atoms with Gasteiger partial charge in [0.25, 0.3) is 0 Å². The number of allylic oxidation sites excluding steroid dienone is 4. The number of aromatic nitrogens is 4. The van der Waals surface area contributed by atoms with Gasteiger partial charge in [-0.05, 0) is 156 Å². The SMILES string of the molecule is C=C(/C=c1/c(-c2cc3c(-c4cc(F)cc(CCCN5CCCC5)c4)ccnc3[nH]2)n[nH]/c1=C/C)C1=CCN=CC(CCCN(C)C)=C1. The van der Waals surface area contributed by atoms with Crippen LogP contribution in [0.25, 0.3) is 45.7 Å². The third kappa shape index (κ3) is 7.95. The Balaban J connectivity index is 1.30. The third-order valence-corrected chi connectivity index (χ3v) is 9.09. The molecule has 47 heavy (non-hydrogen) atoms. The summed E-state index contributed by atoms with van der Waals surface area (Å²) in [5.41, 5.74) is 8.37. The van der Waals surface area contributed by atoms with Gasteiger partial charge < -0.3 is 14.8 Å². The molecule has 0 spiro atoms. The van der Waals surface area contributed by atoms with Crippen LogP contribution in [0, 0.1) is 5.82 Å². The van der Waals surface area contributed by atoms with Crippen molar-refractivity contribution in [1.82, 2.24) is 30.0 Å². The van der Waals surface area contributed by atoms with E-state index < -0.39 is 0 Å². The van der Waals surface area contributed by atoms with Crippen LogP contribution >= 0.6 is 0 Å². The van der Waals surface area contributed by atoms with Crippen LogP contribution in [0.3, 0.4) is 0 Å². The predicted octanol–water partition coefficient (Wildman–Crippen LogP) is 6.20. The van der Waals surface area contributed by atoms with Crippen LogP contribution in [-0.4, -0.2) is 83.0 Å². The first-order valence-corrected chi connectivity index (χ1v) is 16.9. The van der Waals surface area contributed by atoms with Crippen molar-refractivity contribution in [2.75, 3.05) is 46.8 Å². The number of hydrogen-bond donors (Lipinski definition) is 2. The Morgan fingerprint density at radius 1 is 1.11 bits per heavy atom. The summed E-state index contributed by atoms with van der Waals surface area (Å²) < 4.78 is 14.9. The molecule has 0 unspecified atom stereocenters. The Labute approximate surface area is 277 Å². The Morgan fingerprint density at radius 2 is 1.96 bits per heavy atom. The quantitative estimate of drug-likeness (QED) is 0.195. The van der Waals surface area contributed by atoms with Crippen molar-refractivity contribution in [3.05, 3.63) is 93.9 Å². The summed E-state index contributed by atoms with van der Waals surface area (Å²) in [5, 5.41) is 10.7. The number of aromatic amines is 2. The van der Waals surface area contributed by atoms with E-state index in [1.807, 2.05) is 25.3 Å². The maximum absolute atomic E-state index is 14.9. The van der Waals surface area contributed by atoms with Gasteiger partial charge in [0.2, 0.25) is 0 Å². The van der Waals surface area contributed by atoms with Gasteiger partial charge >= 0.3 is 0 Å². The molecular formula is C39H46FN7. The van der Waals surface area contributed by atoms with E-state index in [4.69, 9.17) is 5.10 Å². The van der Waals surface area contributed by atoms with Crippen LogP contribution in [0.5, 0.6) is 0 Å². The second kappa shape index (κ2) is 15.0. The van der Waals surface area contributed by atoms with E-state index in [0.29, 0.717) is 6.54 Å². The lowest BCUT2D eigenvalue weighted by atomic mass is 9.99. The molecule has 0 atom stereocenters. The van der Waals surface area contributed by atoms with Gasteiger partial charge in [-0.25, -0.2) is 9.37 Å². The summed E-state index contributed by atoms with van der Waals surface area (Å²) in [7, 11) is 4.20. The highest BCUT2D eigenvalue weighted by molar-refractivity contribution is 5.96. The Hall–Kier alpha value is -4.40. The lowest BCUT2D eigenvalue weighted by Crippen LogP contribution is -2.23. The number of halogens is 1. The Bertz CT molecular complexity index is 1950. The van der Waals surface area contributed by atoms with Crippen molar-refractivity contribution < 1.29 is 4.39 Å². The van der Waals surface area contributed by atoms with Crippen molar-refractivity contribution in [1.29, 1.82) is 0 Å². The van der Waals surface area contributed by atoms with E-state index in [9.17, 15) is 4.39 Å². The number of H-pyrrole nitrogens is 2. The summed E-state index contributed by atoms with van der Waals surface area (Å²) in [6.45, 7) is 11.5. The minimum Gasteiger partial charge on any atom is -0.338 e. The van der Waals surface area contributed by atoms with Gasteiger partial charge in [-0.3, -0.25) is 10.1 Å². The molecule has 0 aliphatic carbocycles. The number of aryl methyl sites for hydroxylation is 1. The second-order valence-corrected chi connectivity index (χ2v) is 12.9. The van der Waals surface area contributed by atoms with Crippen LogP contribution < -0.4 is 10.6 Å². The fraction of sp³-hybridized carbons (Fsp3) is 0.359. The fourth-order valence-corrected chi connectivity index (χ4v) is 6.64. The first-order valence-electron chi connectivity index (χ1n) is 16.9. The zero-order valence-corrected chi connectivity index (χ0v) is 28.0. The number of nitrogens with zero attached hydrogens (tertiary/aromatic N) is 5. The van der Waals surface area contributed by atoms with Crippen molar-refractivity contribution in [3.63, 3.8) is 0 Å². The van der Waals surface area contributed by atoms with Crippen LogP contribution in [0.15, 0.2) is 77.0 Å². The molecule has 2 N–H and O–H groups in total. The largest absolute Gasteiger partial charge is 0.338 e. The number of rotatable bonds is 12. The smallest absolute Gasteiger partial charge is 0.138 e. The predicted molar refractivity (Wildman–Crippen MR) is 193 cm³/mol. The Kier molecular flexibility index (Phi) is 10.4.